The van der Waals surface area contributed by atoms with E-state index in [0.717, 1.165) is 12.8 Å². The van der Waals surface area contributed by atoms with Gasteiger partial charge in [0.2, 0.25) is 0 Å². The van der Waals surface area contributed by atoms with Crippen LogP contribution in [0.25, 0.3) is 0 Å². The molecule has 2 saturated carbocycles. The molecule has 0 saturated heterocycles. The number of rotatable bonds is 2. The molecular formula is C10H14O4. The van der Waals surface area contributed by atoms with Crippen LogP contribution in [0.15, 0.2) is 0 Å². The van der Waals surface area contributed by atoms with Crippen LogP contribution in [0.2, 0.25) is 0 Å². The van der Waals surface area contributed by atoms with Gasteiger partial charge in [-0.3, -0.25) is 9.59 Å². The maximum absolute atomic E-state index is 11.2. The summed E-state index contributed by atoms with van der Waals surface area (Å²) in [5.41, 5.74) is -0.705. The van der Waals surface area contributed by atoms with Gasteiger partial charge in [-0.15, -0.1) is 0 Å². The van der Waals surface area contributed by atoms with Crippen molar-refractivity contribution in [3.05, 3.63) is 0 Å². The number of fused-ring (bicyclic) bond motifs is 1. The number of hydrogen-bond acceptors (Lipinski definition) is 2. The Kier molecular flexibility index (Phi) is 2.01. The summed E-state index contributed by atoms with van der Waals surface area (Å²) in [4.78, 5) is 22.0. The average molecular weight is 198 g/mol. The van der Waals surface area contributed by atoms with E-state index >= 15 is 0 Å². The molecule has 0 aromatic rings. The molecule has 0 spiro atoms. The first-order valence-corrected chi connectivity index (χ1v) is 5.02. The van der Waals surface area contributed by atoms with E-state index in [4.69, 9.17) is 5.11 Å². The van der Waals surface area contributed by atoms with E-state index in [1.165, 1.54) is 0 Å². The monoisotopic (exact) mass is 198 g/mol. The van der Waals surface area contributed by atoms with E-state index in [1.807, 2.05) is 0 Å². The summed E-state index contributed by atoms with van der Waals surface area (Å²) in [6.45, 7) is 0. The summed E-state index contributed by atoms with van der Waals surface area (Å²) in [6, 6.07) is 0. The van der Waals surface area contributed by atoms with Gasteiger partial charge in [0.15, 0.2) is 0 Å². The Balaban J connectivity index is 2.23. The van der Waals surface area contributed by atoms with E-state index in [1.54, 1.807) is 0 Å². The topological polar surface area (TPSA) is 74.6 Å². The quantitative estimate of drug-likeness (QED) is 0.702. The summed E-state index contributed by atoms with van der Waals surface area (Å²) in [6.07, 6.45) is 3.38. The lowest BCUT2D eigenvalue weighted by Crippen LogP contribution is -2.30. The first-order valence-electron chi connectivity index (χ1n) is 5.02. The summed E-state index contributed by atoms with van der Waals surface area (Å²) >= 11 is 0. The van der Waals surface area contributed by atoms with Crippen LogP contribution in [-0.2, 0) is 9.59 Å². The molecule has 2 aliphatic carbocycles. The molecule has 2 fully saturated rings. The zero-order valence-corrected chi connectivity index (χ0v) is 7.90. The van der Waals surface area contributed by atoms with Crippen LogP contribution in [-0.4, -0.2) is 22.2 Å². The predicted molar refractivity (Wildman–Crippen MR) is 47.8 cm³/mol. The molecule has 0 amide bonds. The largest absolute Gasteiger partial charge is 0.481 e. The first-order chi connectivity index (χ1) is 6.56. The van der Waals surface area contributed by atoms with Gasteiger partial charge in [0, 0.05) is 0 Å². The molecule has 2 rings (SSSR count). The fraction of sp³-hybridized carbons (Fsp3) is 0.800. The highest BCUT2D eigenvalue weighted by Gasteiger charge is 2.56. The lowest BCUT2D eigenvalue weighted by atomic mass is 9.80. The zero-order chi connectivity index (χ0) is 10.3. The van der Waals surface area contributed by atoms with Crippen molar-refractivity contribution in [1.82, 2.24) is 0 Å². The van der Waals surface area contributed by atoms with E-state index in [0.29, 0.717) is 19.3 Å². The Bertz CT molecular complexity index is 286. The van der Waals surface area contributed by atoms with Gasteiger partial charge in [-0.1, -0.05) is 6.42 Å². The fourth-order valence-corrected chi connectivity index (χ4v) is 3.18. The SMILES string of the molecule is O=C(O)C1CC2CCCC2(C(=O)O)C1. The van der Waals surface area contributed by atoms with Crippen molar-refractivity contribution >= 4 is 11.9 Å². The minimum absolute atomic E-state index is 0.0982. The lowest BCUT2D eigenvalue weighted by molar-refractivity contribution is -0.150. The third kappa shape index (κ3) is 1.13. The van der Waals surface area contributed by atoms with E-state index in [2.05, 4.69) is 0 Å². The highest BCUT2D eigenvalue weighted by molar-refractivity contribution is 5.79. The molecule has 0 aromatic carbocycles. The maximum atomic E-state index is 11.2. The van der Waals surface area contributed by atoms with Crippen molar-refractivity contribution in [3.8, 4) is 0 Å². The highest BCUT2D eigenvalue weighted by atomic mass is 16.4. The van der Waals surface area contributed by atoms with Crippen LogP contribution in [0.5, 0.6) is 0 Å². The van der Waals surface area contributed by atoms with Crippen LogP contribution >= 0.6 is 0 Å². The summed E-state index contributed by atoms with van der Waals surface area (Å²) in [7, 11) is 0. The van der Waals surface area contributed by atoms with Gasteiger partial charge in [0.05, 0.1) is 11.3 Å². The molecule has 0 aromatic heterocycles. The Hall–Kier alpha value is -1.06. The molecule has 4 nitrogen and oxygen atoms in total. The maximum Gasteiger partial charge on any atom is 0.309 e. The van der Waals surface area contributed by atoms with Crippen LogP contribution in [0.4, 0.5) is 0 Å². The van der Waals surface area contributed by atoms with Gasteiger partial charge < -0.3 is 10.2 Å². The second-order valence-corrected chi connectivity index (χ2v) is 4.53. The summed E-state index contributed by atoms with van der Waals surface area (Å²) in [5.74, 6) is -1.96. The summed E-state index contributed by atoms with van der Waals surface area (Å²) in [5, 5.41) is 18.1. The second kappa shape index (κ2) is 2.97. The third-order valence-corrected chi connectivity index (χ3v) is 3.91. The number of aliphatic carboxylic acids is 2. The summed E-state index contributed by atoms with van der Waals surface area (Å²) < 4.78 is 0. The second-order valence-electron chi connectivity index (χ2n) is 4.53. The van der Waals surface area contributed by atoms with Crippen LogP contribution in [0.1, 0.15) is 32.1 Å². The molecule has 2 aliphatic rings. The molecule has 4 heteroatoms. The smallest absolute Gasteiger partial charge is 0.309 e. The van der Waals surface area contributed by atoms with Gasteiger partial charge in [0.25, 0.3) is 0 Å². The molecule has 2 N–H and O–H groups in total. The molecule has 0 aliphatic heterocycles. The van der Waals surface area contributed by atoms with Gasteiger partial charge in [-0.05, 0) is 31.6 Å². The molecule has 14 heavy (non-hydrogen) atoms. The Morgan fingerprint density at radius 2 is 2.00 bits per heavy atom. The van der Waals surface area contributed by atoms with Gasteiger partial charge in [-0.2, -0.15) is 0 Å². The number of carboxylic acids is 2. The van der Waals surface area contributed by atoms with Crippen LogP contribution in [0.3, 0.4) is 0 Å². The van der Waals surface area contributed by atoms with Crippen LogP contribution < -0.4 is 0 Å². The van der Waals surface area contributed by atoms with Gasteiger partial charge in [0.1, 0.15) is 0 Å². The minimum Gasteiger partial charge on any atom is -0.481 e. The molecule has 0 bridgehead atoms. The predicted octanol–water partition coefficient (Wildman–Crippen LogP) is 1.35. The Labute approximate surface area is 81.9 Å². The fourth-order valence-electron chi connectivity index (χ4n) is 3.18. The number of carbonyl (C=O) groups is 2. The van der Waals surface area contributed by atoms with Crippen molar-refractivity contribution in [3.63, 3.8) is 0 Å². The normalized spacial score (nSPS) is 40.9. The lowest BCUT2D eigenvalue weighted by Gasteiger charge is -2.23. The van der Waals surface area contributed by atoms with Crippen molar-refractivity contribution in [1.29, 1.82) is 0 Å². The highest BCUT2D eigenvalue weighted by Crippen LogP contribution is 2.56. The van der Waals surface area contributed by atoms with Crippen molar-refractivity contribution in [2.75, 3.05) is 0 Å². The molecule has 3 atom stereocenters. The van der Waals surface area contributed by atoms with E-state index in [9.17, 15) is 14.7 Å². The first kappa shape index (κ1) is 9.49. The van der Waals surface area contributed by atoms with Crippen molar-refractivity contribution < 1.29 is 19.8 Å². The molecule has 0 heterocycles. The van der Waals surface area contributed by atoms with E-state index < -0.39 is 23.3 Å². The third-order valence-electron chi connectivity index (χ3n) is 3.91. The minimum atomic E-state index is -0.833. The molecule has 78 valence electrons. The zero-order valence-electron chi connectivity index (χ0n) is 7.90. The molecule has 3 unspecified atom stereocenters. The molecular weight excluding hydrogens is 184 g/mol. The van der Waals surface area contributed by atoms with Gasteiger partial charge >= 0.3 is 11.9 Å². The van der Waals surface area contributed by atoms with Crippen molar-refractivity contribution in [2.24, 2.45) is 17.3 Å². The molecule has 0 radical (unpaired) electrons. The van der Waals surface area contributed by atoms with E-state index in [-0.39, 0.29) is 5.92 Å². The Morgan fingerprint density at radius 1 is 1.29 bits per heavy atom. The van der Waals surface area contributed by atoms with Crippen molar-refractivity contribution in [2.45, 2.75) is 32.1 Å². The average Bonchev–Trinajstić information content (AvgIpc) is 2.57. The Morgan fingerprint density at radius 3 is 2.50 bits per heavy atom. The number of hydrogen-bond donors (Lipinski definition) is 2. The van der Waals surface area contributed by atoms with Crippen LogP contribution in [0, 0.1) is 17.3 Å². The standard InChI is InChI=1S/C10H14O4/c11-8(12)6-4-7-2-1-3-10(7,5-6)9(13)14/h6-7H,1-5H2,(H,11,12)(H,13,14). The number of carboxylic acid groups (broad SMARTS) is 2. The van der Waals surface area contributed by atoms with Gasteiger partial charge in [-0.25, -0.2) is 0 Å².